The fraction of sp³-hybridized carbons (Fsp3) is 0.235. The van der Waals surface area contributed by atoms with Crippen LogP contribution in [0.4, 0.5) is 0 Å². The quantitative estimate of drug-likeness (QED) is 0.787. The van der Waals surface area contributed by atoms with Gasteiger partial charge in [-0.1, -0.05) is 43.7 Å². The zero-order chi connectivity index (χ0) is 15.6. The Labute approximate surface area is 135 Å². The molecule has 0 bridgehead atoms. The molecule has 0 unspecified atom stereocenters. The summed E-state index contributed by atoms with van der Waals surface area (Å²) in [5, 5.41) is 0.492. The molecule has 110 valence electrons. The lowest BCUT2D eigenvalue weighted by Crippen LogP contribution is -2.08. The summed E-state index contributed by atoms with van der Waals surface area (Å²) in [6.07, 6.45) is 0. The van der Waals surface area contributed by atoms with Crippen LogP contribution in [0.25, 0.3) is 0 Å². The molecule has 0 heterocycles. The molecule has 0 aliphatic carbocycles. The number of benzene rings is 2. The van der Waals surface area contributed by atoms with E-state index < -0.39 is 0 Å². The van der Waals surface area contributed by atoms with E-state index in [4.69, 9.17) is 34.3 Å². The van der Waals surface area contributed by atoms with Crippen LogP contribution >= 0.6 is 23.8 Å². The van der Waals surface area contributed by atoms with E-state index in [1.807, 2.05) is 12.1 Å². The smallest absolute Gasteiger partial charge is 0.146 e. The van der Waals surface area contributed by atoms with Crippen LogP contribution in [0.3, 0.4) is 0 Å². The molecule has 0 radical (unpaired) electrons. The van der Waals surface area contributed by atoms with Gasteiger partial charge in [0, 0.05) is 5.56 Å². The zero-order valence-corrected chi connectivity index (χ0v) is 13.9. The molecule has 0 spiro atoms. The van der Waals surface area contributed by atoms with Crippen LogP contribution < -0.4 is 10.5 Å². The lowest BCUT2D eigenvalue weighted by Gasteiger charge is -2.13. The monoisotopic (exact) mass is 319 g/mol. The number of hydrogen-bond acceptors (Lipinski definition) is 2. The topological polar surface area (TPSA) is 35.2 Å². The first-order valence-electron chi connectivity index (χ1n) is 6.76. The second-order valence-electron chi connectivity index (χ2n) is 5.28. The first-order chi connectivity index (χ1) is 9.88. The van der Waals surface area contributed by atoms with Gasteiger partial charge in [0.25, 0.3) is 0 Å². The molecule has 2 nitrogen and oxygen atoms in total. The SMILES string of the molecule is Cc1cc(Oc2ccc(C(N)=S)cc2Cl)ccc1C(C)C. The predicted molar refractivity (Wildman–Crippen MR) is 92.7 cm³/mol. The number of hydrogen-bond donors (Lipinski definition) is 1. The third kappa shape index (κ3) is 3.74. The Kier molecular flexibility index (Phi) is 4.86. The third-order valence-corrected chi connectivity index (χ3v) is 3.84. The number of aryl methyl sites for hydroxylation is 1. The van der Waals surface area contributed by atoms with Crippen LogP contribution in [0, 0.1) is 6.92 Å². The largest absolute Gasteiger partial charge is 0.456 e. The summed E-state index contributed by atoms with van der Waals surface area (Å²) in [4.78, 5) is 0.320. The first-order valence-corrected chi connectivity index (χ1v) is 7.55. The molecule has 0 aromatic heterocycles. The van der Waals surface area contributed by atoms with Crippen molar-refractivity contribution in [3.8, 4) is 11.5 Å². The maximum Gasteiger partial charge on any atom is 0.146 e. The molecule has 0 amide bonds. The van der Waals surface area contributed by atoms with Crippen LogP contribution in [0.2, 0.25) is 5.02 Å². The van der Waals surface area contributed by atoms with Gasteiger partial charge in [0.15, 0.2) is 0 Å². The highest BCUT2D eigenvalue weighted by molar-refractivity contribution is 7.80. The van der Waals surface area contributed by atoms with Crippen LogP contribution in [0.15, 0.2) is 36.4 Å². The highest BCUT2D eigenvalue weighted by Gasteiger charge is 2.08. The van der Waals surface area contributed by atoms with Crippen molar-refractivity contribution in [2.45, 2.75) is 26.7 Å². The summed E-state index contributed by atoms with van der Waals surface area (Å²) >= 11 is 11.1. The molecule has 2 aromatic carbocycles. The molecule has 0 saturated carbocycles. The Balaban J connectivity index is 2.26. The van der Waals surface area contributed by atoms with Crippen LogP contribution in [-0.2, 0) is 0 Å². The van der Waals surface area contributed by atoms with Crippen molar-refractivity contribution in [2.24, 2.45) is 5.73 Å². The minimum atomic E-state index is 0.320. The fourth-order valence-corrected chi connectivity index (χ4v) is 2.57. The molecule has 2 N–H and O–H groups in total. The summed E-state index contributed by atoms with van der Waals surface area (Å²) in [6.45, 7) is 6.43. The van der Waals surface area contributed by atoms with E-state index in [-0.39, 0.29) is 0 Å². The Morgan fingerprint density at radius 1 is 1.19 bits per heavy atom. The Morgan fingerprint density at radius 3 is 2.43 bits per heavy atom. The van der Waals surface area contributed by atoms with Crippen molar-refractivity contribution in [3.05, 3.63) is 58.1 Å². The van der Waals surface area contributed by atoms with Crippen LogP contribution in [-0.4, -0.2) is 4.99 Å². The molecule has 4 heteroatoms. The summed E-state index contributed by atoms with van der Waals surface area (Å²) in [5.41, 5.74) is 8.84. The van der Waals surface area contributed by atoms with Gasteiger partial charge in [0.2, 0.25) is 0 Å². The van der Waals surface area contributed by atoms with Crippen LogP contribution in [0.1, 0.15) is 36.5 Å². The van der Waals surface area contributed by atoms with E-state index in [9.17, 15) is 0 Å². The second-order valence-corrected chi connectivity index (χ2v) is 6.13. The van der Waals surface area contributed by atoms with Crippen molar-refractivity contribution < 1.29 is 4.74 Å². The molecular formula is C17H18ClNOS. The minimum absolute atomic E-state index is 0.320. The lowest BCUT2D eigenvalue weighted by atomic mass is 9.98. The molecule has 0 aliphatic rings. The normalized spacial score (nSPS) is 10.7. The maximum absolute atomic E-state index is 6.20. The Hall–Kier alpha value is -1.58. The van der Waals surface area contributed by atoms with Gasteiger partial charge in [0.05, 0.1) is 5.02 Å². The number of ether oxygens (including phenoxy) is 1. The molecule has 0 aliphatic heterocycles. The van der Waals surface area contributed by atoms with E-state index in [1.54, 1.807) is 18.2 Å². The minimum Gasteiger partial charge on any atom is -0.456 e. The van der Waals surface area contributed by atoms with Gasteiger partial charge in [-0.2, -0.15) is 0 Å². The fourth-order valence-electron chi connectivity index (χ4n) is 2.22. The molecular weight excluding hydrogens is 302 g/mol. The maximum atomic E-state index is 6.20. The van der Waals surface area contributed by atoms with Crippen molar-refractivity contribution in [1.29, 1.82) is 0 Å². The van der Waals surface area contributed by atoms with E-state index >= 15 is 0 Å². The van der Waals surface area contributed by atoms with Crippen molar-refractivity contribution in [1.82, 2.24) is 0 Å². The summed E-state index contributed by atoms with van der Waals surface area (Å²) in [6, 6.07) is 11.4. The Bertz CT molecular complexity index is 682. The molecule has 0 saturated heterocycles. The Morgan fingerprint density at radius 2 is 1.90 bits per heavy atom. The van der Waals surface area contributed by atoms with Gasteiger partial charge in [0.1, 0.15) is 16.5 Å². The molecule has 0 atom stereocenters. The highest BCUT2D eigenvalue weighted by Crippen LogP contribution is 2.32. The number of thiocarbonyl (C=S) groups is 1. The zero-order valence-electron chi connectivity index (χ0n) is 12.3. The molecule has 21 heavy (non-hydrogen) atoms. The van der Waals surface area contributed by atoms with E-state index in [0.717, 1.165) is 11.3 Å². The number of nitrogens with two attached hydrogens (primary N) is 1. The lowest BCUT2D eigenvalue weighted by molar-refractivity contribution is 0.482. The van der Waals surface area contributed by atoms with Crippen molar-refractivity contribution in [2.75, 3.05) is 0 Å². The number of halogens is 1. The third-order valence-electron chi connectivity index (χ3n) is 3.31. The summed E-state index contributed by atoms with van der Waals surface area (Å²) < 4.78 is 5.84. The van der Waals surface area contributed by atoms with Gasteiger partial charge >= 0.3 is 0 Å². The average molecular weight is 320 g/mol. The number of rotatable bonds is 4. The van der Waals surface area contributed by atoms with Gasteiger partial charge < -0.3 is 10.5 Å². The van der Waals surface area contributed by atoms with Gasteiger partial charge in [-0.25, -0.2) is 0 Å². The average Bonchev–Trinajstić information content (AvgIpc) is 2.40. The standard InChI is InChI=1S/C17H18ClNOS/c1-10(2)14-6-5-13(8-11(14)3)20-16-7-4-12(17(19)21)9-15(16)18/h4-10H,1-3H3,(H2,19,21). The van der Waals surface area contributed by atoms with E-state index in [1.165, 1.54) is 11.1 Å². The highest BCUT2D eigenvalue weighted by atomic mass is 35.5. The molecule has 2 aromatic rings. The first kappa shape index (κ1) is 15.8. The van der Waals surface area contributed by atoms with Crippen molar-refractivity contribution >= 4 is 28.8 Å². The van der Waals surface area contributed by atoms with Crippen molar-refractivity contribution in [3.63, 3.8) is 0 Å². The van der Waals surface area contributed by atoms with Gasteiger partial charge in [-0.3, -0.25) is 0 Å². The van der Waals surface area contributed by atoms with Crippen LogP contribution in [0.5, 0.6) is 11.5 Å². The van der Waals surface area contributed by atoms with E-state index in [0.29, 0.717) is 21.7 Å². The molecule has 0 fully saturated rings. The molecule has 2 rings (SSSR count). The second kappa shape index (κ2) is 6.46. The van der Waals surface area contributed by atoms with Gasteiger partial charge in [-0.05, 0) is 54.3 Å². The summed E-state index contributed by atoms with van der Waals surface area (Å²) in [7, 11) is 0. The summed E-state index contributed by atoms with van der Waals surface area (Å²) in [5.74, 6) is 1.85. The predicted octanol–water partition coefficient (Wildman–Crippen LogP) is 5.20. The van der Waals surface area contributed by atoms with Gasteiger partial charge in [-0.15, -0.1) is 0 Å². The van der Waals surface area contributed by atoms with E-state index in [2.05, 4.69) is 26.8 Å².